The number of fused-ring (bicyclic) bond motifs is 1. The molecule has 0 unspecified atom stereocenters. The summed E-state index contributed by atoms with van der Waals surface area (Å²) in [4.78, 5) is 4.71. The zero-order chi connectivity index (χ0) is 22.0. The van der Waals surface area contributed by atoms with Crippen LogP contribution in [0.1, 0.15) is 0 Å². The van der Waals surface area contributed by atoms with Crippen LogP contribution < -0.4 is 0 Å². The lowest BCUT2D eigenvalue weighted by molar-refractivity contribution is 1.10. The van der Waals surface area contributed by atoms with Gasteiger partial charge in [0.05, 0.1) is 16.7 Å². The molecule has 0 fully saturated rings. The number of rotatable bonds is 4. The number of aromatic nitrogens is 2. The second-order valence-electron chi connectivity index (χ2n) is 8.12. The molecular weight excluding hydrogens is 400 g/mol. The average Bonchev–Trinajstić information content (AvgIpc) is 3.33. The molecule has 33 heavy (non-hydrogen) atoms. The molecule has 1 heterocycles. The third kappa shape index (κ3) is 3.52. The lowest BCUT2D eigenvalue weighted by Crippen LogP contribution is -2.00. The summed E-state index contributed by atoms with van der Waals surface area (Å²) >= 11 is 0. The van der Waals surface area contributed by atoms with Crippen LogP contribution in [0.5, 0.6) is 0 Å². The van der Waals surface area contributed by atoms with Crippen LogP contribution in [0.25, 0.3) is 50.1 Å². The summed E-state index contributed by atoms with van der Waals surface area (Å²) < 4.78 is 2.23. The van der Waals surface area contributed by atoms with Crippen LogP contribution in [-0.4, -0.2) is 9.55 Å². The van der Waals surface area contributed by atoms with Crippen LogP contribution in [0.3, 0.4) is 0 Å². The number of hydrogen-bond donors (Lipinski definition) is 0. The van der Waals surface area contributed by atoms with E-state index in [1.165, 1.54) is 33.4 Å². The summed E-state index contributed by atoms with van der Waals surface area (Å²) in [6.45, 7) is 0. The van der Waals surface area contributed by atoms with E-state index in [1.54, 1.807) is 0 Å². The van der Waals surface area contributed by atoms with Crippen molar-refractivity contribution in [2.75, 3.05) is 0 Å². The van der Waals surface area contributed by atoms with Crippen molar-refractivity contribution in [1.29, 1.82) is 0 Å². The van der Waals surface area contributed by atoms with E-state index in [1.807, 2.05) is 12.4 Å². The summed E-state index contributed by atoms with van der Waals surface area (Å²) in [6, 6.07) is 44.8. The van der Waals surface area contributed by atoms with E-state index < -0.39 is 0 Å². The molecule has 0 aliphatic heterocycles. The van der Waals surface area contributed by atoms with Crippen molar-refractivity contribution in [2.24, 2.45) is 0 Å². The van der Waals surface area contributed by atoms with Gasteiger partial charge in [-0.05, 0) is 46.5 Å². The van der Waals surface area contributed by atoms with Gasteiger partial charge in [-0.2, -0.15) is 0 Å². The second kappa shape index (κ2) is 8.25. The zero-order valence-corrected chi connectivity index (χ0v) is 18.1. The largest absolute Gasteiger partial charge is 0.298 e. The highest BCUT2D eigenvalue weighted by molar-refractivity contribution is 5.92. The first-order valence-corrected chi connectivity index (χ1v) is 11.2. The van der Waals surface area contributed by atoms with Gasteiger partial charge < -0.3 is 0 Å². The van der Waals surface area contributed by atoms with Crippen molar-refractivity contribution >= 4 is 11.0 Å². The molecule has 0 radical (unpaired) electrons. The number of para-hydroxylation sites is 2. The Bertz CT molecular complexity index is 1470. The minimum atomic E-state index is 0.989. The van der Waals surface area contributed by atoms with E-state index in [2.05, 4.69) is 126 Å². The first-order chi connectivity index (χ1) is 16.4. The summed E-state index contributed by atoms with van der Waals surface area (Å²) in [6.07, 6.45) is 1.95. The first kappa shape index (κ1) is 19.3. The Morgan fingerprint density at radius 3 is 1.52 bits per heavy atom. The van der Waals surface area contributed by atoms with Gasteiger partial charge in [0, 0.05) is 11.1 Å². The molecule has 0 saturated carbocycles. The molecule has 0 bridgehead atoms. The Labute approximate surface area is 193 Å². The SMILES string of the molecule is c1ccc(-c2cc(-c3ccccc3)c(-n3cnc4ccccc43)c(-c3ccccc3)c2)cc1. The fourth-order valence-electron chi connectivity index (χ4n) is 4.50. The summed E-state index contributed by atoms with van der Waals surface area (Å²) in [5.41, 5.74) is 10.3. The molecule has 2 heteroatoms. The topological polar surface area (TPSA) is 17.8 Å². The van der Waals surface area contributed by atoms with Crippen molar-refractivity contribution < 1.29 is 0 Å². The lowest BCUT2D eigenvalue weighted by atomic mass is 9.91. The molecule has 2 nitrogen and oxygen atoms in total. The Balaban J connectivity index is 1.74. The smallest absolute Gasteiger partial charge is 0.100 e. The quantitative estimate of drug-likeness (QED) is 0.281. The average molecular weight is 423 g/mol. The maximum absolute atomic E-state index is 4.71. The van der Waals surface area contributed by atoms with Gasteiger partial charge in [0.25, 0.3) is 0 Å². The predicted octanol–water partition coefficient (Wildman–Crippen LogP) is 8.03. The Hall–Kier alpha value is -4.43. The molecule has 0 saturated heterocycles. The minimum absolute atomic E-state index is 0.989. The number of benzene rings is 5. The Morgan fingerprint density at radius 2 is 0.939 bits per heavy atom. The molecule has 5 aromatic carbocycles. The fourth-order valence-corrected chi connectivity index (χ4v) is 4.50. The molecule has 0 atom stereocenters. The van der Waals surface area contributed by atoms with Crippen molar-refractivity contribution in [3.8, 4) is 39.1 Å². The molecule has 0 aliphatic carbocycles. The maximum atomic E-state index is 4.71. The summed E-state index contributed by atoms with van der Waals surface area (Å²) in [5.74, 6) is 0. The van der Waals surface area contributed by atoms with Crippen LogP contribution >= 0.6 is 0 Å². The molecule has 0 amide bonds. The molecule has 156 valence electrons. The van der Waals surface area contributed by atoms with Gasteiger partial charge in [0.15, 0.2) is 0 Å². The van der Waals surface area contributed by atoms with Crippen molar-refractivity contribution in [1.82, 2.24) is 9.55 Å². The monoisotopic (exact) mass is 422 g/mol. The Morgan fingerprint density at radius 1 is 0.455 bits per heavy atom. The van der Waals surface area contributed by atoms with E-state index in [4.69, 9.17) is 4.98 Å². The number of imidazole rings is 1. The summed E-state index contributed by atoms with van der Waals surface area (Å²) in [7, 11) is 0. The van der Waals surface area contributed by atoms with Crippen molar-refractivity contribution in [3.05, 3.63) is 134 Å². The van der Waals surface area contributed by atoms with Gasteiger partial charge in [-0.1, -0.05) is 103 Å². The van der Waals surface area contributed by atoms with Crippen LogP contribution in [0, 0.1) is 0 Å². The van der Waals surface area contributed by atoms with Crippen LogP contribution in [0.2, 0.25) is 0 Å². The standard InChI is InChI=1S/C31H22N2/c1-4-12-23(13-5-1)26-20-27(24-14-6-2-7-15-24)31(28(21-26)25-16-8-3-9-17-25)33-22-32-29-18-10-11-19-30(29)33/h1-22H. The molecule has 0 N–H and O–H groups in total. The van der Waals surface area contributed by atoms with Gasteiger partial charge in [0.1, 0.15) is 6.33 Å². The molecule has 6 aromatic rings. The van der Waals surface area contributed by atoms with E-state index >= 15 is 0 Å². The van der Waals surface area contributed by atoms with Crippen LogP contribution in [0.15, 0.2) is 134 Å². The van der Waals surface area contributed by atoms with Gasteiger partial charge in [0.2, 0.25) is 0 Å². The van der Waals surface area contributed by atoms with Gasteiger partial charge in [-0.3, -0.25) is 4.57 Å². The van der Waals surface area contributed by atoms with Gasteiger partial charge in [-0.25, -0.2) is 4.98 Å². The third-order valence-electron chi connectivity index (χ3n) is 6.08. The molecular formula is C31H22N2. The van der Waals surface area contributed by atoms with Gasteiger partial charge in [-0.15, -0.1) is 0 Å². The molecule has 0 aliphatic rings. The van der Waals surface area contributed by atoms with Crippen molar-refractivity contribution in [3.63, 3.8) is 0 Å². The van der Waals surface area contributed by atoms with E-state index in [9.17, 15) is 0 Å². The lowest BCUT2D eigenvalue weighted by Gasteiger charge is -2.20. The predicted molar refractivity (Wildman–Crippen MR) is 137 cm³/mol. The highest BCUT2D eigenvalue weighted by atomic mass is 15.1. The minimum Gasteiger partial charge on any atom is -0.298 e. The highest BCUT2D eigenvalue weighted by Crippen LogP contribution is 2.40. The molecule has 6 rings (SSSR count). The van der Waals surface area contributed by atoms with Crippen molar-refractivity contribution in [2.45, 2.75) is 0 Å². The normalized spacial score (nSPS) is 11.0. The molecule has 1 aromatic heterocycles. The van der Waals surface area contributed by atoms with E-state index in [-0.39, 0.29) is 0 Å². The van der Waals surface area contributed by atoms with E-state index in [0.717, 1.165) is 16.7 Å². The first-order valence-electron chi connectivity index (χ1n) is 11.2. The van der Waals surface area contributed by atoms with Crippen LogP contribution in [0.4, 0.5) is 0 Å². The third-order valence-corrected chi connectivity index (χ3v) is 6.08. The van der Waals surface area contributed by atoms with E-state index in [0.29, 0.717) is 0 Å². The molecule has 0 spiro atoms. The Kier molecular flexibility index (Phi) is 4.82. The second-order valence-corrected chi connectivity index (χ2v) is 8.12. The fraction of sp³-hybridized carbons (Fsp3) is 0. The maximum Gasteiger partial charge on any atom is 0.100 e. The number of hydrogen-bond acceptors (Lipinski definition) is 1. The highest BCUT2D eigenvalue weighted by Gasteiger charge is 2.18. The zero-order valence-electron chi connectivity index (χ0n) is 18.1. The van der Waals surface area contributed by atoms with Gasteiger partial charge >= 0.3 is 0 Å². The van der Waals surface area contributed by atoms with Crippen LogP contribution in [-0.2, 0) is 0 Å². The summed E-state index contributed by atoms with van der Waals surface area (Å²) in [5, 5.41) is 0. The number of nitrogens with zero attached hydrogens (tertiary/aromatic N) is 2.